The van der Waals surface area contributed by atoms with E-state index in [1.165, 1.54) is 12.8 Å². The summed E-state index contributed by atoms with van der Waals surface area (Å²) in [5.41, 5.74) is -0.379. The summed E-state index contributed by atoms with van der Waals surface area (Å²) in [7, 11) is 0. The van der Waals surface area contributed by atoms with E-state index >= 15 is 0 Å². The van der Waals surface area contributed by atoms with Gasteiger partial charge >= 0.3 is 17.9 Å². The molecule has 0 spiro atoms. The van der Waals surface area contributed by atoms with E-state index in [0.29, 0.717) is 12.3 Å². The number of benzene rings is 1. The second-order valence-electron chi connectivity index (χ2n) is 5.27. The van der Waals surface area contributed by atoms with Crippen LogP contribution in [0.25, 0.3) is 0 Å². The number of hydrogen-bond donors (Lipinski definition) is 1. The van der Waals surface area contributed by atoms with Crippen LogP contribution < -0.4 is 4.74 Å². The van der Waals surface area contributed by atoms with Crippen molar-refractivity contribution >= 4 is 52.7 Å². The molecule has 0 bridgehead atoms. The van der Waals surface area contributed by atoms with Crippen molar-refractivity contribution in [1.29, 1.82) is 0 Å². The Kier molecular flexibility index (Phi) is 6.32. The SMILES string of the molecule is O=C(O)C(=O)Oc1c(Cl)cc(Cl)c(Cl)c1C(=O)OCCCC1CC1. The van der Waals surface area contributed by atoms with Gasteiger partial charge in [0.2, 0.25) is 0 Å². The molecule has 0 aliphatic heterocycles. The number of esters is 2. The van der Waals surface area contributed by atoms with Crippen LogP contribution in [0.4, 0.5) is 0 Å². The van der Waals surface area contributed by atoms with Crippen molar-refractivity contribution in [2.45, 2.75) is 25.7 Å². The highest BCUT2D eigenvalue weighted by molar-refractivity contribution is 6.46. The van der Waals surface area contributed by atoms with Crippen LogP contribution in [0.3, 0.4) is 0 Å². The van der Waals surface area contributed by atoms with Crippen molar-refractivity contribution in [1.82, 2.24) is 0 Å². The lowest BCUT2D eigenvalue weighted by Crippen LogP contribution is -2.21. The summed E-state index contributed by atoms with van der Waals surface area (Å²) >= 11 is 17.7. The molecule has 0 unspecified atom stereocenters. The number of ether oxygens (including phenoxy) is 2. The van der Waals surface area contributed by atoms with Crippen LogP contribution in [0.15, 0.2) is 6.07 Å². The predicted molar refractivity (Wildman–Crippen MR) is 87.0 cm³/mol. The smallest absolute Gasteiger partial charge is 0.422 e. The highest BCUT2D eigenvalue weighted by atomic mass is 35.5. The van der Waals surface area contributed by atoms with Crippen LogP contribution in [0, 0.1) is 5.92 Å². The van der Waals surface area contributed by atoms with E-state index in [4.69, 9.17) is 44.6 Å². The molecule has 0 amide bonds. The van der Waals surface area contributed by atoms with Gasteiger partial charge in [0.25, 0.3) is 0 Å². The summed E-state index contributed by atoms with van der Waals surface area (Å²) in [6.45, 7) is 0.155. The zero-order valence-electron chi connectivity index (χ0n) is 12.3. The zero-order chi connectivity index (χ0) is 17.9. The van der Waals surface area contributed by atoms with E-state index in [1.807, 2.05) is 0 Å². The van der Waals surface area contributed by atoms with Gasteiger partial charge in [-0.25, -0.2) is 14.4 Å². The van der Waals surface area contributed by atoms with Gasteiger partial charge in [0.1, 0.15) is 5.56 Å². The first-order valence-electron chi connectivity index (χ1n) is 7.11. The van der Waals surface area contributed by atoms with Gasteiger partial charge in [-0.15, -0.1) is 0 Å². The lowest BCUT2D eigenvalue weighted by molar-refractivity contribution is -0.158. The Labute approximate surface area is 152 Å². The molecule has 1 aromatic rings. The summed E-state index contributed by atoms with van der Waals surface area (Å²) < 4.78 is 9.74. The first kappa shape index (κ1) is 18.8. The molecule has 0 atom stereocenters. The summed E-state index contributed by atoms with van der Waals surface area (Å²) in [4.78, 5) is 34.1. The van der Waals surface area contributed by atoms with Crippen molar-refractivity contribution < 1.29 is 29.0 Å². The fourth-order valence-corrected chi connectivity index (χ4v) is 2.73. The molecule has 1 N–H and O–H groups in total. The van der Waals surface area contributed by atoms with E-state index in [1.54, 1.807) is 0 Å². The molecule has 0 aromatic heterocycles. The van der Waals surface area contributed by atoms with Crippen molar-refractivity contribution in [2.75, 3.05) is 6.61 Å². The van der Waals surface area contributed by atoms with Crippen LogP contribution in [-0.4, -0.2) is 29.6 Å². The Morgan fingerprint density at radius 1 is 1.17 bits per heavy atom. The van der Waals surface area contributed by atoms with Crippen LogP contribution >= 0.6 is 34.8 Å². The Morgan fingerprint density at radius 3 is 2.42 bits per heavy atom. The van der Waals surface area contributed by atoms with Gasteiger partial charge in [-0.1, -0.05) is 47.6 Å². The largest absolute Gasteiger partial charge is 0.473 e. The molecule has 0 radical (unpaired) electrons. The highest BCUT2D eigenvalue weighted by Gasteiger charge is 2.28. The number of rotatable bonds is 6. The van der Waals surface area contributed by atoms with E-state index in [2.05, 4.69) is 4.74 Å². The molecule has 1 aliphatic carbocycles. The quantitative estimate of drug-likeness (QED) is 0.257. The van der Waals surface area contributed by atoms with E-state index in [0.717, 1.165) is 12.5 Å². The minimum Gasteiger partial charge on any atom is -0.473 e. The van der Waals surface area contributed by atoms with Gasteiger partial charge in [-0.2, -0.15) is 0 Å². The minimum absolute atomic E-state index is 0.0540. The molecule has 0 saturated heterocycles. The molecule has 1 aliphatic rings. The Bertz CT molecular complexity index is 684. The fourth-order valence-electron chi connectivity index (χ4n) is 2.01. The fraction of sp³-hybridized carbons (Fsp3) is 0.400. The molecule has 0 heterocycles. The van der Waals surface area contributed by atoms with Gasteiger partial charge in [0.15, 0.2) is 5.75 Å². The van der Waals surface area contributed by atoms with Gasteiger partial charge in [-0.3, -0.25) is 0 Å². The molecule has 2 rings (SSSR count). The van der Waals surface area contributed by atoms with Crippen LogP contribution in [0.2, 0.25) is 15.1 Å². The third-order valence-electron chi connectivity index (χ3n) is 3.39. The summed E-state index contributed by atoms with van der Waals surface area (Å²) in [6, 6.07) is 1.14. The van der Waals surface area contributed by atoms with Crippen molar-refractivity contribution in [2.24, 2.45) is 5.92 Å². The molecule has 130 valence electrons. The zero-order valence-corrected chi connectivity index (χ0v) is 14.6. The molecule has 1 aromatic carbocycles. The minimum atomic E-state index is -1.85. The average Bonchev–Trinajstić information content (AvgIpc) is 3.33. The molecule has 9 heteroatoms. The van der Waals surface area contributed by atoms with Gasteiger partial charge in [-0.05, 0) is 24.8 Å². The Balaban J connectivity index is 2.19. The number of carboxylic acid groups (broad SMARTS) is 1. The van der Waals surface area contributed by atoms with Crippen LogP contribution in [-0.2, 0) is 14.3 Å². The maximum absolute atomic E-state index is 12.2. The highest BCUT2D eigenvalue weighted by Crippen LogP contribution is 2.40. The topological polar surface area (TPSA) is 89.9 Å². The van der Waals surface area contributed by atoms with E-state index in [9.17, 15) is 14.4 Å². The van der Waals surface area contributed by atoms with E-state index < -0.39 is 23.7 Å². The van der Waals surface area contributed by atoms with Crippen molar-refractivity contribution in [3.05, 3.63) is 26.7 Å². The van der Waals surface area contributed by atoms with Gasteiger partial charge in [0.05, 0.1) is 21.7 Å². The van der Waals surface area contributed by atoms with Crippen molar-refractivity contribution in [3.63, 3.8) is 0 Å². The second-order valence-corrected chi connectivity index (χ2v) is 6.47. The van der Waals surface area contributed by atoms with Crippen LogP contribution in [0.1, 0.15) is 36.0 Å². The number of halogens is 3. The first-order chi connectivity index (χ1) is 11.3. The average molecular weight is 396 g/mol. The maximum atomic E-state index is 12.2. The summed E-state index contributed by atoms with van der Waals surface area (Å²) in [5, 5.41) is 8.10. The van der Waals surface area contributed by atoms with Gasteiger partial charge < -0.3 is 14.6 Å². The van der Waals surface area contributed by atoms with Crippen molar-refractivity contribution in [3.8, 4) is 5.75 Å². The summed E-state index contributed by atoms with van der Waals surface area (Å²) in [6.07, 6.45) is 4.03. The molecule has 6 nitrogen and oxygen atoms in total. The van der Waals surface area contributed by atoms with Gasteiger partial charge in [0, 0.05) is 0 Å². The molecule has 24 heavy (non-hydrogen) atoms. The Hall–Kier alpha value is -1.50. The Morgan fingerprint density at radius 2 is 1.83 bits per heavy atom. The summed E-state index contributed by atoms with van der Waals surface area (Å²) in [5.74, 6) is -4.15. The molecular weight excluding hydrogens is 383 g/mol. The number of carbonyl (C=O) groups is 3. The lowest BCUT2D eigenvalue weighted by atomic mass is 10.2. The maximum Gasteiger partial charge on any atom is 0.422 e. The standard InChI is InChI=1S/C15H13Cl3O6/c16-8-6-9(17)12(24-15(22)13(19)20)10(11(8)18)14(21)23-5-1-2-7-3-4-7/h6-7H,1-5H2,(H,19,20). The number of hydrogen-bond acceptors (Lipinski definition) is 5. The van der Waals surface area contributed by atoms with E-state index in [-0.39, 0.29) is 27.2 Å². The number of aliphatic carboxylic acids is 1. The third kappa shape index (κ3) is 4.75. The molecular formula is C15H13Cl3O6. The second kappa shape index (κ2) is 8.05. The number of carboxylic acids is 1. The van der Waals surface area contributed by atoms with Crippen LogP contribution in [0.5, 0.6) is 5.75 Å². The normalized spacial score (nSPS) is 13.5. The predicted octanol–water partition coefficient (Wildman–Crippen LogP) is 3.98. The molecule has 1 saturated carbocycles. The lowest BCUT2D eigenvalue weighted by Gasteiger charge is -2.13. The third-order valence-corrected chi connectivity index (χ3v) is 4.46. The first-order valence-corrected chi connectivity index (χ1v) is 8.24. The number of carbonyl (C=O) groups excluding carboxylic acids is 2. The monoisotopic (exact) mass is 394 g/mol. The molecule has 1 fully saturated rings.